The Morgan fingerprint density at radius 1 is 1.38 bits per heavy atom. The first-order valence-corrected chi connectivity index (χ1v) is 7.35. The second-order valence-electron chi connectivity index (χ2n) is 5.55. The highest BCUT2D eigenvalue weighted by molar-refractivity contribution is 6.67. The number of rotatable bonds is 3. The minimum absolute atomic E-state index is 0.441. The van der Waals surface area contributed by atoms with E-state index < -0.39 is 5.24 Å². The smallest absolute Gasteiger partial charge is 0.268 e. The number of hydrogen-bond acceptors (Lipinski definition) is 2. The lowest BCUT2D eigenvalue weighted by atomic mass is 10.2. The third-order valence-electron chi connectivity index (χ3n) is 4.14. The van der Waals surface area contributed by atoms with E-state index in [1.807, 2.05) is 46.8 Å². The quantitative estimate of drug-likeness (QED) is 0.693. The van der Waals surface area contributed by atoms with Crippen molar-refractivity contribution in [2.24, 2.45) is 7.05 Å². The third-order valence-corrected chi connectivity index (χ3v) is 4.34. The largest absolute Gasteiger partial charge is 0.340 e. The molecular formula is C16H14ClN3O. The summed E-state index contributed by atoms with van der Waals surface area (Å²) in [4.78, 5) is 16.0. The van der Waals surface area contributed by atoms with E-state index in [9.17, 15) is 4.79 Å². The zero-order valence-corrected chi connectivity index (χ0v) is 12.3. The van der Waals surface area contributed by atoms with Gasteiger partial charge in [0.15, 0.2) is 0 Å². The van der Waals surface area contributed by atoms with Crippen molar-refractivity contribution in [3.8, 4) is 5.69 Å². The molecule has 5 heteroatoms. The lowest BCUT2D eigenvalue weighted by molar-refractivity contribution is 0.107. The van der Waals surface area contributed by atoms with E-state index in [2.05, 4.69) is 11.2 Å². The Balaban J connectivity index is 1.91. The normalized spacial score (nSPS) is 14.8. The summed E-state index contributed by atoms with van der Waals surface area (Å²) in [6.45, 7) is 0. The standard InChI is InChI=1S/C16H14ClN3O/c1-19-13-3-2-4-14(11(13)7-15(19)16(17)21)20-8-12(18-9-20)10-5-6-10/h2-4,7-10H,5-6H2,1H3. The van der Waals surface area contributed by atoms with Gasteiger partial charge in [-0.05, 0) is 42.6 Å². The number of carbonyl (C=O) groups excluding carboxylic acids is 1. The number of hydrogen-bond donors (Lipinski definition) is 0. The van der Waals surface area contributed by atoms with Crippen LogP contribution in [0.15, 0.2) is 36.8 Å². The Hall–Kier alpha value is -2.07. The maximum absolute atomic E-state index is 11.5. The minimum atomic E-state index is -0.441. The second kappa shape index (κ2) is 4.46. The number of aromatic nitrogens is 3. The first-order valence-electron chi connectivity index (χ1n) is 6.97. The second-order valence-corrected chi connectivity index (χ2v) is 5.90. The van der Waals surface area contributed by atoms with Crippen LogP contribution in [0.25, 0.3) is 16.6 Å². The number of imidazole rings is 1. The van der Waals surface area contributed by atoms with E-state index in [-0.39, 0.29) is 0 Å². The highest BCUT2D eigenvalue weighted by Crippen LogP contribution is 2.39. The molecule has 0 saturated heterocycles. The van der Waals surface area contributed by atoms with Crippen molar-refractivity contribution in [3.05, 3.63) is 48.2 Å². The van der Waals surface area contributed by atoms with E-state index >= 15 is 0 Å². The van der Waals surface area contributed by atoms with Crippen molar-refractivity contribution < 1.29 is 4.79 Å². The minimum Gasteiger partial charge on any atom is -0.340 e. The zero-order valence-electron chi connectivity index (χ0n) is 11.6. The fourth-order valence-corrected chi connectivity index (χ4v) is 3.00. The topological polar surface area (TPSA) is 39.8 Å². The van der Waals surface area contributed by atoms with Gasteiger partial charge in [-0.3, -0.25) is 4.79 Å². The number of halogens is 1. The molecule has 1 saturated carbocycles. The van der Waals surface area contributed by atoms with Gasteiger partial charge in [0.2, 0.25) is 0 Å². The lowest BCUT2D eigenvalue weighted by Crippen LogP contribution is -1.98. The van der Waals surface area contributed by atoms with Crippen LogP contribution in [0.4, 0.5) is 0 Å². The Kier molecular flexibility index (Phi) is 2.69. The fraction of sp³-hybridized carbons (Fsp3) is 0.250. The molecule has 4 rings (SSSR count). The van der Waals surface area contributed by atoms with Crippen LogP contribution in [-0.4, -0.2) is 19.4 Å². The molecule has 3 aromatic rings. The number of nitrogens with zero attached hydrogens (tertiary/aromatic N) is 3. The van der Waals surface area contributed by atoms with Crippen LogP contribution in [0.3, 0.4) is 0 Å². The summed E-state index contributed by atoms with van der Waals surface area (Å²) in [5, 5.41) is 0.563. The van der Waals surface area contributed by atoms with Crippen LogP contribution in [0.2, 0.25) is 0 Å². The molecule has 106 valence electrons. The van der Waals surface area contributed by atoms with E-state index in [1.165, 1.54) is 12.8 Å². The Morgan fingerprint density at radius 3 is 2.90 bits per heavy atom. The Bertz CT molecular complexity index is 858. The molecule has 0 radical (unpaired) electrons. The van der Waals surface area contributed by atoms with Crippen molar-refractivity contribution in [2.75, 3.05) is 0 Å². The van der Waals surface area contributed by atoms with Crippen molar-refractivity contribution in [1.82, 2.24) is 14.1 Å². The molecule has 1 aliphatic rings. The van der Waals surface area contributed by atoms with Crippen LogP contribution in [0.5, 0.6) is 0 Å². The molecular weight excluding hydrogens is 286 g/mol. The number of carbonyl (C=O) groups is 1. The van der Waals surface area contributed by atoms with Crippen molar-refractivity contribution in [2.45, 2.75) is 18.8 Å². The first-order chi connectivity index (χ1) is 10.1. The Labute approximate surface area is 127 Å². The zero-order chi connectivity index (χ0) is 14.6. The molecule has 0 unspecified atom stereocenters. The first kappa shape index (κ1) is 12.7. The maximum Gasteiger partial charge on any atom is 0.268 e. The van der Waals surface area contributed by atoms with Gasteiger partial charge in [0.1, 0.15) is 5.69 Å². The van der Waals surface area contributed by atoms with Gasteiger partial charge in [-0.25, -0.2) is 4.98 Å². The van der Waals surface area contributed by atoms with Crippen LogP contribution in [-0.2, 0) is 7.05 Å². The summed E-state index contributed by atoms with van der Waals surface area (Å²) in [7, 11) is 1.85. The van der Waals surface area contributed by atoms with Crippen LogP contribution in [0.1, 0.15) is 34.9 Å². The summed E-state index contributed by atoms with van der Waals surface area (Å²) < 4.78 is 3.85. The maximum atomic E-state index is 11.5. The molecule has 0 bridgehead atoms. The molecule has 1 fully saturated rings. The van der Waals surface area contributed by atoms with Gasteiger partial charge in [0.05, 0.1) is 23.2 Å². The highest BCUT2D eigenvalue weighted by Gasteiger charge is 2.26. The molecule has 0 aliphatic heterocycles. The number of aryl methyl sites for hydroxylation is 1. The molecule has 4 nitrogen and oxygen atoms in total. The van der Waals surface area contributed by atoms with E-state index in [0.717, 1.165) is 22.3 Å². The molecule has 1 aromatic carbocycles. The molecule has 21 heavy (non-hydrogen) atoms. The molecule has 0 N–H and O–H groups in total. The Morgan fingerprint density at radius 2 is 2.19 bits per heavy atom. The van der Waals surface area contributed by atoms with Gasteiger partial charge in [0.25, 0.3) is 5.24 Å². The van der Waals surface area contributed by atoms with Crippen molar-refractivity contribution >= 4 is 27.7 Å². The van der Waals surface area contributed by atoms with E-state index in [0.29, 0.717) is 11.6 Å². The van der Waals surface area contributed by atoms with Crippen LogP contribution in [0, 0.1) is 0 Å². The number of benzene rings is 1. The van der Waals surface area contributed by atoms with Gasteiger partial charge in [-0.15, -0.1) is 0 Å². The highest BCUT2D eigenvalue weighted by atomic mass is 35.5. The van der Waals surface area contributed by atoms with Crippen LogP contribution >= 0.6 is 11.6 Å². The monoisotopic (exact) mass is 299 g/mol. The average Bonchev–Trinajstić information content (AvgIpc) is 3.10. The molecule has 0 spiro atoms. The van der Waals surface area contributed by atoms with E-state index in [1.54, 1.807) is 0 Å². The summed E-state index contributed by atoms with van der Waals surface area (Å²) in [5.41, 5.74) is 3.66. The van der Waals surface area contributed by atoms with Crippen molar-refractivity contribution in [3.63, 3.8) is 0 Å². The molecule has 1 aliphatic carbocycles. The predicted molar refractivity (Wildman–Crippen MR) is 82.2 cm³/mol. The third kappa shape index (κ3) is 1.98. The SMILES string of the molecule is Cn1c(C(=O)Cl)cc2c(-n3cnc(C4CC4)c3)cccc21. The lowest BCUT2D eigenvalue weighted by Gasteiger charge is -2.04. The molecule has 2 aromatic heterocycles. The van der Waals surface area contributed by atoms with Crippen LogP contribution < -0.4 is 0 Å². The summed E-state index contributed by atoms with van der Waals surface area (Å²) >= 11 is 5.65. The van der Waals surface area contributed by atoms with E-state index in [4.69, 9.17) is 11.6 Å². The summed E-state index contributed by atoms with van der Waals surface area (Å²) in [6.07, 6.45) is 6.40. The van der Waals surface area contributed by atoms with Gasteiger partial charge in [-0.1, -0.05) is 6.07 Å². The molecule has 0 atom stereocenters. The average molecular weight is 300 g/mol. The van der Waals surface area contributed by atoms with Gasteiger partial charge in [0, 0.05) is 24.5 Å². The summed E-state index contributed by atoms with van der Waals surface area (Å²) in [6, 6.07) is 7.85. The fourth-order valence-electron chi connectivity index (χ4n) is 2.82. The molecule has 2 heterocycles. The number of fused-ring (bicyclic) bond motifs is 1. The van der Waals surface area contributed by atoms with Crippen molar-refractivity contribution in [1.29, 1.82) is 0 Å². The van der Waals surface area contributed by atoms with Gasteiger partial charge in [-0.2, -0.15) is 0 Å². The van der Waals surface area contributed by atoms with Gasteiger partial charge < -0.3 is 9.13 Å². The summed E-state index contributed by atoms with van der Waals surface area (Å²) in [5.74, 6) is 0.626. The predicted octanol–water partition coefficient (Wildman–Crippen LogP) is 3.62. The molecule has 0 amide bonds. The van der Waals surface area contributed by atoms with Gasteiger partial charge >= 0.3 is 0 Å².